The van der Waals surface area contributed by atoms with Crippen molar-refractivity contribution in [3.05, 3.63) is 63.3 Å². The molecule has 0 bridgehead atoms. The number of halogens is 3. The van der Waals surface area contributed by atoms with E-state index in [9.17, 15) is 14.0 Å². The van der Waals surface area contributed by atoms with Gasteiger partial charge in [-0.1, -0.05) is 23.7 Å². The molecule has 1 N–H and O–H groups in total. The Morgan fingerprint density at radius 2 is 1.83 bits per heavy atom. The maximum atomic E-state index is 13.3. The van der Waals surface area contributed by atoms with E-state index >= 15 is 0 Å². The van der Waals surface area contributed by atoms with Crippen LogP contribution in [0.2, 0.25) is 5.02 Å². The molecule has 0 aliphatic heterocycles. The lowest BCUT2D eigenvalue weighted by Gasteiger charge is -2.31. The van der Waals surface area contributed by atoms with Crippen LogP contribution in [0.4, 0.5) is 4.39 Å². The summed E-state index contributed by atoms with van der Waals surface area (Å²) in [4.78, 5) is 27.1. The molecule has 0 aliphatic carbocycles. The van der Waals surface area contributed by atoms with Crippen LogP contribution >= 0.6 is 27.5 Å². The maximum absolute atomic E-state index is 13.3. The minimum Gasteiger partial charge on any atom is -0.483 e. The van der Waals surface area contributed by atoms with Crippen LogP contribution in [0, 0.1) is 5.82 Å². The predicted octanol–water partition coefficient (Wildman–Crippen LogP) is 4.95. The zero-order chi connectivity index (χ0) is 22.5. The lowest BCUT2D eigenvalue weighted by Crippen LogP contribution is -2.53. The topological polar surface area (TPSA) is 58.6 Å². The van der Waals surface area contributed by atoms with E-state index in [2.05, 4.69) is 21.2 Å². The first-order chi connectivity index (χ1) is 14.0. The van der Waals surface area contributed by atoms with Crippen molar-refractivity contribution in [3.8, 4) is 5.75 Å². The SMILES string of the molecule is C[C@H](C(=O)NC(C)(C)C)N(Cc1ccc(F)cc1)C(=O)COc1ccc(Cl)cc1Br. The van der Waals surface area contributed by atoms with E-state index in [0.717, 1.165) is 0 Å². The van der Waals surface area contributed by atoms with Gasteiger partial charge in [-0.15, -0.1) is 0 Å². The zero-order valence-corrected chi connectivity index (χ0v) is 19.7. The minimum absolute atomic E-state index is 0.142. The van der Waals surface area contributed by atoms with Crippen LogP contribution in [0.15, 0.2) is 46.9 Å². The van der Waals surface area contributed by atoms with Crippen LogP contribution in [0.1, 0.15) is 33.3 Å². The molecule has 0 aromatic heterocycles. The van der Waals surface area contributed by atoms with Crippen LogP contribution in [0.5, 0.6) is 5.75 Å². The Hall–Kier alpha value is -2.12. The number of carbonyl (C=O) groups excluding carboxylic acids is 2. The Morgan fingerprint density at radius 1 is 1.20 bits per heavy atom. The first kappa shape index (κ1) is 24.2. The summed E-state index contributed by atoms with van der Waals surface area (Å²) < 4.78 is 19.5. The summed E-state index contributed by atoms with van der Waals surface area (Å²) >= 11 is 9.27. The average Bonchev–Trinajstić information content (AvgIpc) is 2.64. The van der Waals surface area contributed by atoms with E-state index in [-0.39, 0.29) is 30.8 Å². The highest BCUT2D eigenvalue weighted by molar-refractivity contribution is 9.10. The molecule has 1 atom stereocenters. The number of hydrogen-bond acceptors (Lipinski definition) is 3. The Morgan fingerprint density at radius 3 is 2.40 bits per heavy atom. The highest BCUT2D eigenvalue weighted by Crippen LogP contribution is 2.28. The second-order valence-electron chi connectivity index (χ2n) is 7.93. The van der Waals surface area contributed by atoms with E-state index in [4.69, 9.17) is 16.3 Å². The molecule has 0 fully saturated rings. The molecule has 2 aromatic carbocycles. The smallest absolute Gasteiger partial charge is 0.261 e. The van der Waals surface area contributed by atoms with Crippen molar-refractivity contribution in [2.45, 2.75) is 45.8 Å². The fourth-order valence-electron chi connectivity index (χ4n) is 2.66. The normalized spacial score (nSPS) is 12.2. The Balaban J connectivity index is 2.18. The van der Waals surface area contributed by atoms with Gasteiger partial charge in [0.25, 0.3) is 5.91 Å². The molecular formula is C22H25BrClFN2O3. The van der Waals surface area contributed by atoms with Gasteiger partial charge < -0.3 is 15.0 Å². The predicted molar refractivity (Wildman–Crippen MR) is 119 cm³/mol. The third-order valence-electron chi connectivity index (χ3n) is 4.18. The van der Waals surface area contributed by atoms with Crippen molar-refractivity contribution in [2.24, 2.45) is 0 Å². The fraction of sp³-hybridized carbons (Fsp3) is 0.364. The van der Waals surface area contributed by atoms with Crippen molar-refractivity contribution in [3.63, 3.8) is 0 Å². The van der Waals surface area contributed by atoms with Gasteiger partial charge in [0.15, 0.2) is 6.61 Å². The van der Waals surface area contributed by atoms with E-state index in [0.29, 0.717) is 20.8 Å². The molecule has 8 heteroatoms. The lowest BCUT2D eigenvalue weighted by molar-refractivity contribution is -0.142. The van der Waals surface area contributed by atoms with Crippen LogP contribution in [0.3, 0.4) is 0 Å². The maximum Gasteiger partial charge on any atom is 0.261 e. The highest BCUT2D eigenvalue weighted by Gasteiger charge is 2.28. The summed E-state index contributed by atoms with van der Waals surface area (Å²) in [6, 6.07) is 10.0. The van der Waals surface area contributed by atoms with Crippen molar-refractivity contribution in [1.29, 1.82) is 0 Å². The van der Waals surface area contributed by atoms with Gasteiger partial charge in [0.1, 0.15) is 17.6 Å². The molecule has 5 nitrogen and oxygen atoms in total. The molecule has 2 amide bonds. The van der Waals surface area contributed by atoms with Gasteiger partial charge in [-0.3, -0.25) is 9.59 Å². The van der Waals surface area contributed by atoms with Crippen molar-refractivity contribution < 1.29 is 18.7 Å². The fourth-order valence-corrected chi connectivity index (χ4v) is 3.46. The molecule has 30 heavy (non-hydrogen) atoms. The number of carbonyl (C=O) groups is 2. The molecule has 0 saturated carbocycles. The van der Waals surface area contributed by atoms with Gasteiger partial charge in [-0.25, -0.2) is 4.39 Å². The van der Waals surface area contributed by atoms with Crippen LogP contribution in [0.25, 0.3) is 0 Å². The van der Waals surface area contributed by atoms with E-state index in [1.807, 2.05) is 20.8 Å². The van der Waals surface area contributed by atoms with Gasteiger partial charge in [-0.2, -0.15) is 0 Å². The summed E-state index contributed by atoms with van der Waals surface area (Å²) in [5.74, 6) is -0.573. The summed E-state index contributed by atoms with van der Waals surface area (Å²) in [7, 11) is 0. The summed E-state index contributed by atoms with van der Waals surface area (Å²) in [6.07, 6.45) is 0. The van der Waals surface area contributed by atoms with Crippen molar-refractivity contribution in [2.75, 3.05) is 6.61 Å². The Labute approximate surface area is 189 Å². The monoisotopic (exact) mass is 498 g/mol. The van der Waals surface area contributed by atoms with Crippen molar-refractivity contribution >= 4 is 39.3 Å². The van der Waals surface area contributed by atoms with Crippen LogP contribution in [-0.4, -0.2) is 34.9 Å². The second kappa shape index (κ2) is 10.3. The highest BCUT2D eigenvalue weighted by atomic mass is 79.9. The molecule has 0 aliphatic rings. The molecule has 2 rings (SSSR count). The molecule has 0 saturated heterocycles. The molecule has 162 valence electrons. The Bertz CT molecular complexity index is 900. The van der Waals surface area contributed by atoms with Gasteiger partial charge in [-0.05, 0) is 79.5 Å². The summed E-state index contributed by atoms with van der Waals surface area (Å²) in [5, 5.41) is 3.42. The second-order valence-corrected chi connectivity index (χ2v) is 9.22. The van der Waals surface area contributed by atoms with Crippen LogP contribution < -0.4 is 10.1 Å². The molecule has 0 spiro atoms. The first-order valence-electron chi connectivity index (χ1n) is 9.40. The number of amides is 2. The Kier molecular flexibility index (Phi) is 8.26. The standard InChI is InChI=1S/C22H25BrClFN2O3/c1-14(21(29)26-22(2,3)4)27(12-15-5-8-17(25)9-6-15)20(28)13-30-19-10-7-16(24)11-18(19)23/h5-11,14H,12-13H2,1-4H3,(H,26,29)/t14-/m1/s1. The van der Waals surface area contributed by atoms with Gasteiger partial charge in [0.2, 0.25) is 5.91 Å². The average molecular weight is 500 g/mol. The molecular weight excluding hydrogens is 475 g/mol. The number of nitrogens with one attached hydrogen (secondary N) is 1. The van der Waals surface area contributed by atoms with Gasteiger partial charge >= 0.3 is 0 Å². The molecule has 0 radical (unpaired) electrons. The number of nitrogens with zero attached hydrogens (tertiary/aromatic N) is 1. The molecule has 0 heterocycles. The molecule has 2 aromatic rings. The third kappa shape index (κ3) is 7.29. The van der Waals surface area contributed by atoms with E-state index < -0.39 is 11.6 Å². The summed E-state index contributed by atoms with van der Waals surface area (Å²) in [5.41, 5.74) is 0.258. The zero-order valence-electron chi connectivity index (χ0n) is 17.3. The van der Waals surface area contributed by atoms with Gasteiger partial charge in [0, 0.05) is 17.1 Å². The largest absolute Gasteiger partial charge is 0.483 e. The third-order valence-corrected chi connectivity index (χ3v) is 5.03. The van der Waals surface area contributed by atoms with E-state index in [1.165, 1.54) is 17.0 Å². The lowest BCUT2D eigenvalue weighted by atomic mass is 10.1. The summed E-state index contributed by atoms with van der Waals surface area (Å²) in [6.45, 7) is 7.12. The minimum atomic E-state index is -0.751. The van der Waals surface area contributed by atoms with Gasteiger partial charge in [0.05, 0.1) is 4.47 Å². The van der Waals surface area contributed by atoms with E-state index in [1.54, 1.807) is 37.3 Å². The number of rotatable bonds is 7. The van der Waals surface area contributed by atoms with Crippen LogP contribution in [-0.2, 0) is 16.1 Å². The number of benzene rings is 2. The first-order valence-corrected chi connectivity index (χ1v) is 10.6. The molecule has 0 unspecified atom stereocenters. The number of hydrogen-bond donors (Lipinski definition) is 1. The van der Waals surface area contributed by atoms with Crippen molar-refractivity contribution in [1.82, 2.24) is 10.2 Å². The number of ether oxygens (including phenoxy) is 1. The quantitative estimate of drug-likeness (QED) is 0.586.